The highest BCUT2D eigenvalue weighted by atomic mass is 16.5. The van der Waals surface area contributed by atoms with Gasteiger partial charge in [-0.05, 0) is 56.8 Å². The standard InChI is InChI=1S/C25H32N4O4/c1-6-22(30)33-17-9-10-20-18(13-17)19(24(31)28-20)14-21-15(4)23(16(5)27-21)25(32)26-11-12-29(7-2)8-3/h9-10,13-14,27H,6-8,11-12H2,1-5H3,(H,26,32)(H,28,31)/b19-14-. The molecule has 1 aliphatic heterocycles. The molecule has 0 bridgehead atoms. The van der Waals surface area contributed by atoms with Crippen molar-refractivity contribution in [2.45, 2.75) is 41.0 Å². The van der Waals surface area contributed by atoms with Crippen LogP contribution < -0.4 is 15.4 Å². The van der Waals surface area contributed by atoms with Gasteiger partial charge in [-0.1, -0.05) is 20.8 Å². The maximum absolute atomic E-state index is 12.8. The molecule has 1 aromatic carbocycles. The number of aryl methyl sites for hydroxylation is 1. The second-order valence-corrected chi connectivity index (χ2v) is 7.99. The summed E-state index contributed by atoms with van der Waals surface area (Å²) in [5.74, 6) is -0.343. The number of aromatic nitrogens is 1. The number of carbonyl (C=O) groups excluding carboxylic acids is 3. The summed E-state index contributed by atoms with van der Waals surface area (Å²) in [6.45, 7) is 12.9. The number of carbonyl (C=O) groups is 3. The Balaban J connectivity index is 1.85. The smallest absolute Gasteiger partial charge is 0.310 e. The van der Waals surface area contributed by atoms with E-state index in [9.17, 15) is 14.4 Å². The van der Waals surface area contributed by atoms with Crippen molar-refractivity contribution in [3.05, 3.63) is 46.3 Å². The summed E-state index contributed by atoms with van der Waals surface area (Å²) in [6.07, 6.45) is 2.00. The first-order chi connectivity index (χ1) is 15.8. The number of fused-ring (bicyclic) bond motifs is 1. The largest absolute Gasteiger partial charge is 0.427 e. The molecule has 2 aromatic rings. The molecule has 0 saturated carbocycles. The molecular formula is C25H32N4O4. The monoisotopic (exact) mass is 452 g/mol. The van der Waals surface area contributed by atoms with E-state index in [0.717, 1.165) is 30.9 Å². The molecule has 0 spiro atoms. The minimum Gasteiger partial charge on any atom is -0.427 e. The Morgan fingerprint density at radius 2 is 1.88 bits per heavy atom. The molecule has 33 heavy (non-hydrogen) atoms. The maximum Gasteiger partial charge on any atom is 0.310 e. The van der Waals surface area contributed by atoms with Crippen LogP contribution in [0.15, 0.2) is 18.2 Å². The number of H-pyrrole nitrogens is 1. The SMILES string of the molecule is CCC(=O)Oc1ccc2c(c1)/C(=C/c1[nH]c(C)c(C(=O)NCCN(CC)CC)c1C)C(=O)N2. The lowest BCUT2D eigenvalue weighted by Crippen LogP contribution is -2.35. The Hall–Kier alpha value is -3.39. The molecule has 0 fully saturated rings. The van der Waals surface area contributed by atoms with E-state index in [-0.39, 0.29) is 24.2 Å². The van der Waals surface area contributed by atoms with E-state index in [4.69, 9.17) is 4.74 Å². The van der Waals surface area contributed by atoms with Crippen molar-refractivity contribution in [2.75, 3.05) is 31.5 Å². The molecule has 3 rings (SSSR count). The quantitative estimate of drug-likeness (QED) is 0.307. The summed E-state index contributed by atoms with van der Waals surface area (Å²) < 4.78 is 5.30. The third-order valence-electron chi connectivity index (χ3n) is 5.89. The average molecular weight is 453 g/mol. The van der Waals surface area contributed by atoms with Gasteiger partial charge in [0.05, 0.1) is 11.1 Å². The number of nitrogens with one attached hydrogen (secondary N) is 3. The number of rotatable bonds is 9. The summed E-state index contributed by atoms with van der Waals surface area (Å²) in [7, 11) is 0. The van der Waals surface area contributed by atoms with Crippen LogP contribution in [-0.4, -0.2) is 53.8 Å². The predicted octanol–water partition coefficient (Wildman–Crippen LogP) is 3.51. The second kappa shape index (κ2) is 10.5. The summed E-state index contributed by atoms with van der Waals surface area (Å²) in [4.78, 5) is 42.6. The number of hydrogen-bond donors (Lipinski definition) is 3. The normalized spacial score (nSPS) is 13.9. The van der Waals surface area contributed by atoms with Crippen LogP contribution in [0.3, 0.4) is 0 Å². The molecule has 1 aliphatic rings. The van der Waals surface area contributed by atoms with Gasteiger partial charge in [0, 0.05) is 42.1 Å². The molecule has 2 heterocycles. The van der Waals surface area contributed by atoms with Gasteiger partial charge in [0.1, 0.15) is 5.75 Å². The van der Waals surface area contributed by atoms with E-state index in [1.54, 1.807) is 31.2 Å². The number of esters is 1. The zero-order valence-corrected chi connectivity index (χ0v) is 19.9. The summed E-state index contributed by atoms with van der Waals surface area (Å²) >= 11 is 0. The zero-order valence-electron chi connectivity index (χ0n) is 19.9. The fourth-order valence-corrected chi connectivity index (χ4v) is 3.94. The van der Waals surface area contributed by atoms with Crippen LogP contribution in [0, 0.1) is 13.8 Å². The van der Waals surface area contributed by atoms with Gasteiger partial charge in [0.15, 0.2) is 0 Å². The van der Waals surface area contributed by atoms with Crippen molar-refractivity contribution < 1.29 is 19.1 Å². The molecule has 8 nitrogen and oxygen atoms in total. The highest BCUT2D eigenvalue weighted by Crippen LogP contribution is 2.36. The number of ether oxygens (including phenoxy) is 1. The number of benzene rings is 1. The van der Waals surface area contributed by atoms with Gasteiger partial charge in [0.2, 0.25) is 0 Å². The minimum atomic E-state index is -0.342. The lowest BCUT2D eigenvalue weighted by molar-refractivity contribution is -0.134. The fourth-order valence-electron chi connectivity index (χ4n) is 3.94. The van der Waals surface area contributed by atoms with E-state index in [1.807, 2.05) is 13.8 Å². The fraction of sp³-hybridized carbons (Fsp3) is 0.400. The molecule has 0 unspecified atom stereocenters. The molecule has 0 radical (unpaired) electrons. The lowest BCUT2D eigenvalue weighted by Gasteiger charge is -2.18. The molecule has 2 amide bonds. The number of anilines is 1. The first-order valence-electron chi connectivity index (χ1n) is 11.4. The molecule has 176 valence electrons. The van der Waals surface area contributed by atoms with Crippen LogP contribution in [-0.2, 0) is 9.59 Å². The molecule has 1 aromatic heterocycles. The Morgan fingerprint density at radius 3 is 2.55 bits per heavy atom. The molecule has 8 heteroatoms. The van der Waals surface area contributed by atoms with Crippen molar-refractivity contribution in [2.24, 2.45) is 0 Å². The Morgan fingerprint density at radius 1 is 1.15 bits per heavy atom. The molecule has 3 N–H and O–H groups in total. The van der Waals surface area contributed by atoms with Gasteiger partial charge in [-0.3, -0.25) is 14.4 Å². The lowest BCUT2D eigenvalue weighted by atomic mass is 10.0. The predicted molar refractivity (Wildman–Crippen MR) is 129 cm³/mol. The van der Waals surface area contributed by atoms with E-state index < -0.39 is 0 Å². The number of likely N-dealkylation sites (N-methyl/N-ethyl adjacent to an activating group) is 1. The van der Waals surface area contributed by atoms with Crippen molar-refractivity contribution >= 4 is 35.1 Å². The van der Waals surface area contributed by atoms with Crippen LogP contribution >= 0.6 is 0 Å². The zero-order chi connectivity index (χ0) is 24.1. The van der Waals surface area contributed by atoms with Crippen LogP contribution in [0.1, 0.15) is 60.1 Å². The van der Waals surface area contributed by atoms with Gasteiger partial charge >= 0.3 is 5.97 Å². The molecule has 0 atom stereocenters. The molecule has 0 saturated heterocycles. The molecule has 0 aliphatic carbocycles. The average Bonchev–Trinajstić information content (AvgIpc) is 3.25. The van der Waals surface area contributed by atoms with Crippen molar-refractivity contribution in [1.29, 1.82) is 0 Å². The van der Waals surface area contributed by atoms with E-state index >= 15 is 0 Å². The Kier molecular flexibility index (Phi) is 7.71. The maximum atomic E-state index is 12.8. The summed E-state index contributed by atoms with van der Waals surface area (Å²) in [6, 6.07) is 5.05. The van der Waals surface area contributed by atoms with Crippen LogP contribution in [0.5, 0.6) is 5.75 Å². The Bertz CT molecular complexity index is 1100. The van der Waals surface area contributed by atoms with Gasteiger partial charge in [-0.2, -0.15) is 0 Å². The van der Waals surface area contributed by atoms with Gasteiger partial charge in [0.25, 0.3) is 11.8 Å². The summed E-state index contributed by atoms with van der Waals surface area (Å²) in [5, 5.41) is 5.82. The minimum absolute atomic E-state index is 0.136. The number of aromatic amines is 1. The topological polar surface area (TPSA) is 104 Å². The van der Waals surface area contributed by atoms with E-state index in [1.165, 1.54) is 0 Å². The van der Waals surface area contributed by atoms with Crippen molar-refractivity contribution in [3.63, 3.8) is 0 Å². The van der Waals surface area contributed by atoms with E-state index in [0.29, 0.717) is 40.4 Å². The van der Waals surface area contributed by atoms with Crippen molar-refractivity contribution in [1.82, 2.24) is 15.2 Å². The molecular weight excluding hydrogens is 420 g/mol. The van der Waals surface area contributed by atoms with E-state index in [2.05, 4.69) is 34.4 Å². The van der Waals surface area contributed by atoms with Crippen LogP contribution in [0.4, 0.5) is 5.69 Å². The Labute approximate surface area is 194 Å². The van der Waals surface area contributed by atoms with Gasteiger partial charge < -0.3 is 25.3 Å². The summed E-state index contributed by atoms with van der Waals surface area (Å²) in [5.41, 5.74) is 4.54. The number of nitrogens with zero attached hydrogens (tertiary/aromatic N) is 1. The first kappa shape index (κ1) is 24.3. The number of hydrogen-bond acceptors (Lipinski definition) is 5. The number of amides is 2. The first-order valence-corrected chi connectivity index (χ1v) is 11.4. The van der Waals surface area contributed by atoms with Gasteiger partial charge in [-0.25, -0.2) is 0 Å². The van der Waals surface area contributed by atoms with Crippen LogP contribution in [0.25, 0.3) is 11.6 Å². The third kappa shape index (κ3) is 5.34. The second-order valence-electron chi connectivity index (χ2n) is 7.99. The van der Waals surface area contributed by atoms with Crippen LogP contribution in [0.2, 0.25) is 0 Å². The third-order valence-corrected chi connectivity index (χ3v) is 5.89. The van der Waals surface area contributed by atoms with Gasteiger partial charge in [-0.15, -0.1) is 0 Å². The highest BCUT2D eigenvalue weighted by Gasteiger charge is 2.26. The van der Waals surface area contributed by atoms with Crippen molar-refractivity contribution in [3.8, 4) is 5.75 Å². The highest BCUT2D eigenvalue weighted by molar-refractivity contribution is 6.35.